The van der Waals surface area contributed by atoms with Crippen molar-refractivity contribution in [3.05, 3.63) is 65.5 Å². The minimum Gasteiger partial charge on any atom is -0.493 e. The second-order valence-electron chi connectivity index (χ2n) is 5.80. The fourth-order valence-corrected chi connectivity index (χ4v) is 3.36. The van der Waals surface area contributed by atoms with E-state index in [1.54, 1.807) is 31.8 Å². The number of hydrogen-bond acceptors (Lipinski definition) is 6. The molecule has 27 heavy (non-hydrogen) atoms. The Morgan fingerprint density at radius 1 is 0.852 bits per heavy atom. The zero-order valence-electron chi connectivity index (χ0n) is 14.9. The summed E-state index contributed by atoms with van der Waals surface area (Å²) in [6, 6.07) is 15.4. The summed E-state index contributed by atoms with van der Waals surface area (Å²) in [6.07, 6.45) is 1.72. The number of ether oxygens (including phenoxy) is 3. The Kier molecular flexibility index (Phi) is 4.80. The Labute approximate surface area is 161 Å². The molecule has 0 unspecified atom stereocenters. The second-order valence-corrected chi connectivity index (χ2v) is 6.58. The topological polar surface area (TPSA) is 52.6 Å². The van der Waals surface area contributed by atoms with Gasteiger partial charge in [0.2, 0.25) is 0 Å². The van der Waals surface area contributed by atoms with Gasteiger partial charge in [0.25, 0.3) is 0 Å². The highest BCUT2D eigenvalue weighted by atomic mass is 32.1. The highest BCUT2D eigenvalue weighted by molar-refractivity contribution is 7.08. The Bertz CT molecular complexity index is 1050. The van der Waals surface area contributed by atoms with E-state index in [9.17, 15) is 0 Å². The standard InChI is InChI=1S/C21H18N2O3S/c1-24-20-11-17-18(12-21(20)25-2)22-9-7-19(17)26-16-5-3-14(4-6-16)23-15-8-10-27-13-15/h3-13,23H,1-2H3. The average Bonchev–Trinajstić information content (AvgIpc) is 3.21. The van der Waals surface area contributed by atoms with Crippen LogP contribution < -0.4 is 19.5 Å². The Morgan fingerprint density at radius 2 is 1.63 bits per heavy atom. The number of rotatable bonds is 6. The number of benzene rings is 2. The average molecular weight is 378 g/mol. The van der Waals surface area contributed by atoms with Gasteiger partial charge < -0.3 is 19.5 Å². The second kappa shape index (κ2) is 7.55. The molecule has 0 saturated carbocycles. The zero-order chi connectivity index (χ0) is 18.6. The first kappa shape index (κ1) is 17.2. The van der Waals surface area contributed by atoms with Gasteiger partial charge in [-0.15, -0.1) is 0 Å². The molecular formula is C21H18N2O3S. The predicted molar refractivity (Wildman–Crippen MR) is 109 cm³/mol. The van der Waals surface area contributed by atoms with Crippen LogP contribution in [0.4, 0.5) is 11.4 Å². The zero-order valence-corrected chi connectivity index (χ0v) is 15.7. The molecule has 0 fully saturated rings. The monoisotopic (exact) mass is 378 g/mol. The van der Waals surface area contributed by atoms with Crippen LogP contribution in [0.15, 0.2) is 65.5 Å². The molecule has 0 aliphatic rings. The molecule has 0 spiro atoms. The van der Waals surface area contributed by atoms with Crippen LogP contribution in [0.1, 0.15) is 0 Å². The van der Waals surface area contributed by atoms with Crippen molar-refractivity contribution in [3.63, 3.8) is 0 Å². The van der Waals surface area contributed by atoms with E-state index < -0.39 is 0 Å². The molecule has 0 bridgehead atoms. The number of pyridine rings is 1. The number of nitrogens with zero attached hydrogens (tertiary/aromatic N) is 1. The fraction of sp³-hybridized carbons (Fsp3) is 0.0952. The van der Waals surface area contributed by atoms with E-state index in [0.717, 1.165) is 28.0 Å². The number of nitrogens with one attached hydrogen (secondary N) is 1. The van der Waals surface area contributed by atoms with Gasteiger partial charge >= 0.3 is 0 Å². The first-order valence-electron chi connectivity index (χ1n) is 8.34. The van der Waals surface area contributed by atoms with Crippen molar-refractivity contribution in [3.8, 4) is 23.0 Å². The van der Waals surface area contributed by atoms with Gasteiger partial charge in [-0.3, -0.25) is 4.98 Å². The van der Waals surface area contributed by atoms with E-state index in [0.29, 0.717) is 17.2 Å². The number of aromatic nitrogens is 1. The number of thiophene rings is 1. The van der Waals surface area contributed by atoms with Gasteiger partial charge in [-0.1, -0.05) is 0 Å². The summed E-state index contributed by atoms with van der Waals surface area (Å²) >= 11 is 1.66. The lowest BCUT2D eigenvalue weighted by Crippen LogP contribution is -1.93. The van der Waals surface area contributed by atoms with Gasteiger partial charge in [-0.2, -0.15) is 11.3 Å². The van der Waals surface area contributed by atoms with Gasteiger partial charge in [0, 0.05) is 34.4 Å². The Balaban J connectivity index is 1.61. The first-order valence-corrected chi connectivity index (χ1v) is 9.29. The summed E-state index contributed by atoms with van der Waals surface area (Å²) in [5.74, 6) is 2.73. The van der Waals surface area contributed by atoms with E-state index in [1.807, 2.05) is 53.9 Å². The molecule has 5 nitrogen and oxygen atoms in total. The lowest BCUT2D eigenvalue weighted by Gasteiger charge is -2.12. The van der Waals surface area contributed by atoms with Crippen LogP contribution in [0, 0.1) is 0 Å². The van der Waals surface area contributed by atoms with Gasteiger partial charge in [0.15, 0.2) is 11.5 Å². The van der Waals surface area contributed by atoms with Crippen LogP contribution in [0.2, 0.25) is 0 Å². The van der Waals surface area contributed by atoms with Crippen LogP contribution in [-0.4, -0.2) is 19.2 Å². The summed E-state index contributed by atoms with van der Waals surface area (Å²) in [5, 5.41) is 8.31. The number of hydrogen-bond donors (Lipinski definition) is 1. The molecule has 136 valence electrons. The third kappa shape index (κ3) is 3.66. The normalized spacial score (nSPS) is 10.6. The van der Waals surface area contributed by atoms with Gasteiger partial charge in [0.1, 0.15) is 11.5 Å². The summed E-state index contributed by atoms with van der Waals surface area (Å²) in [5.41, 5.74) is 2.86. The Morgan fingerprint density at radius 3 is 2.33 bits per heavy atom. The molecule has 0 saturated heterocycles. The van der Waals surface area contributed by atoms with Crippen LogP contribution >= 0.6 is 11.3 Å². The Hall–Kier alpha value is -3.25. The maximum Gasteiger partial charge on any atom is 0.162 e. The van der Waals surface area contributed by atoms with Gasteiger partial charge in [-0.25, -0.2) is 0 Å². The van der Waals surface area contributed by atoms with Crippen molar-refractivity contribution in [2.75, 3.05) is 19.5 Å². The highest BCUT2D eigenvalue weighted by Gasteiger charge is 2.11. The van der Waals surface area contributed by atoms with E-state index in [1.165, 1.54) is 0 Å². The van der Waals surface area contributed by atoms with Crippen LogP contribution in [0.5, 0.6) is 23.0 Å². The third-order valence-corrected chi connectivity index (χ3v) is 4.78. The van der Waals surface area contributed by atoms with Crippen molar-refractivity contribution >= 4 is 33.6 Å². The van der Waals surface area contributed by atoms with E-state index in [-0.39, 0.29) is 0 Å². The molecule has 1 N–H and O–H groups in total. The smallest absolute Gasteiger partial charge is 0.162 e. The predicted octanol–water partition coefficient (Wildman–Crippen LogP) is 5.85. The summed E-state index contributed by atoms with van der Waals surface area (Å²) in [6.45, 7) is 0. The highest BCUT2D eigenvalue weighted by Crippen LogP contribution is 2.37. The minimum absolute atomic E-state index is 0.637. The number of methoxy groups -OCH3 is 2. The maximum atomic E-state index is 6.09. The van der Waals surface area contributed by atoms with Crippen LogP contribution in [0.3, 0.4) is 0 Å². The molecule has 0 amide bonds. The molecule has 0 aliphatic heterocycles. The van der Waals surface area contributed by atoms with Crippen molar-refractivity contribution in [1.82, 2.24) is 4.98 Å². The maximum absolute atomic E-state index is 6.09. The molecular weight excluding hydrogens is 360 g/mol. The van der Waals surface area contributed by atoms with Crippen molar-refractivity contribution in [2.24, 2.45) is 0 Å². The van der Waals surface area contributed by atoms with Gasteiger partial charge in [-0.05, 0) is 47.8 Å². The lowest BCUT2D eigenvalue weighted by atomic mass is 10.2. The largest absolute Gasteiger partial charge is 0.493 e. The van der Waals surface area contributed by atoms with E-state index >= 15 is 0 Å². The first-order chi connectivity index (χ1) is 13.3. The van der Waals surface area contributed by atoms with Crippen LogP contribution in [-0.2, 0) is 0 Å². The van der Waals surface area contributed by atoms with Crippen molar-refractivity contribution in [1.29, 1.82) is 0 Å². The minimum atomic E-state index is 0.637. The quantitative estimate of drug-likeness (QED) is 0.456. The van der Waals surface area contributed by atoms with Gasteiger partial charge in [0.05, 0.1) is 19.7 Å². The van der Waals surface area contributed by atoms with E-state index in [4.69, 9.17) is 14.2 Å². The molecule has 6 heteroatoms. The number of anilines is 2. The molecule has 0 atom stereocenters. The summed E-state index contributed by atoms with van der Waals surface area (Å²) in [4.78, 5) is 4.40. The molecule has 2 aromatic heterocycles. The van der Waals surface area contributed by atoms with Crippen molar-refractivity contribution in [2.45, 2.75) is 0 Å². The van der Waals surface area contributed by atoms with Crippen molar-refractivity contribution < 1.29 is 14.2 Å². The third-order valence-electron chi connectivity index (χ3n) is 4.10. The number of fused-ring (bicyclic) bond motifs is 1. The fourth-order valence-electron chi connectivity index (χ4n) is 2.77. The summed E-state index contributed by atoms with van der Waals surface area (Å²) < 4.78 is 16.8. The molecule has 4 aromatic rings. The van der Waals surface area contributed by atoms with E-state index in [2.05, 4.69) is 15.7 Å². The molecule has 4 rings (SSSR count). The molecule has 0 aliphatic carbocycles. The van der Waals surface area contributed by atoms with Crippen LogP contribution in [0.25, 0.3) is 10.9 Å². The molecule has 2 aromatic carbocycles. The molecule has 2 heterocycles. The summed E-state index contributed by atoms with van der Waals surface area (Å²) in [7, 11) is 3.22. The lowest BCUT2D eigenvalue weighted by molar-refractivity contribution is 0.355. The molecule has 0 radical (unpaired) electrons. The SMILES string of the molecule is COc1cc2nccc(Oc3ccc(Nc4ccsc4)cc3)c2cc1OC.